The Morgan fingerprint density at radius 2 is 1.73 bits per heavy atom. The number of anilines is 1. The van der Waals surface area contributed by atoms with Crippen molar-refractivity contribution in [2.75, 3.05) is 58.4 Å². The second-order valence-electron chi connectivity index (χ2n) is 8.12. The van der Waals surface area contributed by atoms with Crippen molar-refractivity contribution in [1.82, 2.24) is 24.3 Å². The van der Waals surface area contributed by atoms with Gasteiger partial charge in [0.25, 0.3) is 5.91 Å². The molecule has 3 aliphatic rings. The molecule has 1 saturated heterocycles. The van der Waals surface area contributed by atoms with Crippen LogP contribution in [0.4, 0.5) is 5.82 Å². The molecule has 0 N–H and O–H groups in total. The Kier molecular flexibility index (Phi) is 5.18. The molecule has 144 valence electrons. The Hall–Kier alpha value is -1.60. The average molecular weight is 361 g/mol. The zero-order chi connectivity index (χ0) is 18.1. The summed E-state index contributed by atoms with van der Waals surface area (Å²) in [5, 5.41) is 0. The van der Waals surface area contributed by atoms with E-state index in [1.165, 1.54) is 45.2 Å². The van der Waals surface area contributed by atoms with Gasteiger partial charge in [0.1, 0.15) is 0 Å². The van der Waals surface area contributed by atoms with Gasteiger partial charge in [-0.15, -0.1) is 0 Å². The molecule has 1 saturated carbocycles. The van der Waals surface area contributed by atoms with Gasteiger partial charge in [-0.2, -0.15) is 0 Å². The molecular weight excluding hydrogens is 328 g/mol. The Bertz CT molecular complexity index is 630. The van der Waals surface area contributed by atoms with Gasteiger partial charge in [-0.05, 0) is 12.8 Å². The number of carbonyl (C=O) groups is 1. The molecule has 0 spiro atoms. The summed E-state index contributed by atoms with van der Waals surface area (Å²) in [5.74, 6) is 0.896. The van der Waals surface area contributed by atoms with Crippen LogP contribution in [0.2, 0.25) is 0 Å². The summed E-state index contributed by atoms with van der Waals surface area (Å²) >= 11 is 0. The third-order valence-electron chi connectivity index (χ3n) is 6.31. The molecule has 0 radical (unpaired) electrons. The van der Waals surface area contributed by atoms with Crippen molar-refractivity contribution in [3.8, 4) is 0 Å². The van der Waals surface area contributed by atoms with Gasteiger partial charge in [-0.3, -0.25) is 14.6 Å². The molecule has 1 aromatic heterocycles. The maximum atomic E-state index is 12.5. The van der Waals surface area contributed by atoms with Crippen LogP contribution >= 0.6 is 0 Å². The van der Waals surface area contributed by atoms with E-state index in [-0.39, 0.29) is 5.91 Å². The minimum atomic E-state index is 0.0812. The Morgan fingerprint density at radius 3 is 2.46 bits per heavy atom. The van der Waals surface area contributed by atoms with E-state index in [1.807, 2.05) is 29.9 Å². The Balaban J connectivity index is 1.31. The summed E-state index contributed by atoms with van der Waals surface area (Å²) in [6, 6.07) is 0.829. The van der Waals surface area contributed by atoms with Crippen LogP contribution in [0.1, 0.15) is 42.6 Å². The quantitative estimate of drug-likeness (QED) is 0.810. The second-order valence-corrected chi connectivity index (χ2v) is 8.12. The molecule has 2 fully saturated rings. The van der Waals surface area contributed by atoms with Crippen molar-refractivity contribution in [2.45, 2.75) is 44.7 Å². The summed E-state index contributed by atoms with van der Waals surface area (Å²) in [6.45, 7) is 7.09. The maximum Gasteiger partial charge on any atom is 0.275 e. The fourth-order valence-electron chi connectivity index (χ4n) is 4.72. The number of aromatic nitrogens is 2. The molecular formula is C19H32N6O. The van der Waals surface area contributed by atoms with Crippen LogP contribution in [-0.2, 0) is 6.54 Å². The molecule has 7 nitrogen and oxygen atoms in total. The first kappa shape index (κ1) is 17.8. The number of imidazole rings is 1. The molecule has 1 aromatic rings. The van der Waals surface area contributed by atoms with E-state index in [4.69, 9.17) is 0 Å². The predicted molar refractivity (Wildman–Crippen MR) is 102 cm³/mol. The lowest BCUT2D eigenvalue weighted by atomic mass is 9.94. The third kappa shape index (κ3) is 3.47. The minimum Gasteiger partial charge on any atom is -0.340 e. The highest BCUT2D eigenvalue weighted by atomic mass is 16.2. The van der Waals surface area contributed by atoms with Crippen molar-refractivity contribution >= 4 is 11.7 Å². The van der Waals surface area contributed by atoms with E-state index in [0.717, 1.165) is 43.7 Å². The summed E-state index contributed by atoms with van der Waals surface area (Å²) in [7, 11) is 3.84. The standard InChI is InChI=1S/C19H32N6O/c1-21-15-22(2)19(26)17-18(21)20-14-25(17)13-10-23-8-11-24(12-9-23)16-6-4-3-5-7-16/h14,16H,3-13,15H2,1-2H3. The molecule has 2 aliphatic heterocycles. The van der Waals surface area contributed by atoms with Crippen LogP contribution in [0.5, 0.6) is 0 Å². The van der Waals surface area contributed by atoms with Gasteiger partial charge in [0.15, 0.2) is 11.5 Å². The van der Waals surface area contributed by atoms with Crippen LogP contribution in [0, 0.1) is 0 Å². The molecule has 1 amide bonds. The number of piperazine rings is 1. The monoisotopic (exact) mass is 360 g/mol. The number of rotatable bonds is 4. The number of carbonyl (C=O) groups excluding carboxylic acids is 1. The van der Waals surface area contributed by atoms with Gasteiger partial charge in [0, 0.05) is 59.4 Å². The van der Waals surface area contributed by atoms with E-state index >= 15 is 0 Å². The zero-order valence-electron chi connectivity index (χ0n) is 16.2. The van der Waals surface area contributed by atoms with Gasteiger partial charge in [0.05, 0.1) is 13.0 Å². The van der Waals surface area contributed by atoms with Gasteiger partial charge in [0.2, 0.25) is 0 Å². The highest BCUT2D eigenvalue weighted by molar-refractivity contribution is 5.98. The summed E-state index contributed by atoms with van der Waals surface area (Å²) in [5.41, 5.74) is 0.738. The third-order valence-corrected chi connectivity index (χ3v) is 6.31. The number of nitrogens with zero attached hydrogens (tertiary/aromatic N) is 6. The van der Waals surface area contributed by atoms with Crippen LogP contribution in [0.15, 0.2) is 6.33 Å². The highest BCUT2D eigenvalue weighted by Crippen LogP contribution is 2.25. The lowest BCUT2D eigenvalue weighted by Gasteiger charge is -2.40. The number of hydrogen-bond acceptors (Lipinski definition) is 5. The molecule has 4 rings (SSSR count). The average Bonchev–Trinajstić information content (AvgIpc) is 3.10. The zero-order valence-corrected chi connectivity index (χ0v) is 16.2. The van der Waals surface area contributed by atoms with Gasteiger partial charge < -0.3 is 14.4 Å². The Morgan fingerprint density at radius 1 is 1.00 bits per heavy atom. The SMILES string of the molecule is CN1CN(C)c2ncn(CCN3CCN(C4CCCCC4)CC3)c2C1=O. The Labute approximate surface area is 156 Å². The largest absolute Gasteiger partial charge is 0.340 e. The first-order valence-electron chi connectivity index (χ1n) is 10.1. The molecule has 0 aromatic carbocycles. The van der Waals surface area contributed by atoms with Gasteiger partial charge in [-0.25, -0.2) is 4.98 Å². The van der Waals surface area contributed by atoms with Crippen LogP contribution < -0.4 is 4.90 Å². The smallest absolute Gasteiger partial charge is 0.275 e. The van der Waals surface area contributed by atoms with E-state index in [9.17, 15) is 4.79 Å². The normalized spacial score (nSPS) is 23.5. The van der Waals surface area contributed by atoms with E-state index in [2.05, 4.69) is 14.8 Å². The van der Waals surface area contributed by atoms with Crippen molar-refractivity contribution in [3.05, 3.63) is 12.0 Å². The number of hydrogen-bond donors (Lipinski definition) is 0. The first-order valence-corrected chi connectivity index (χ1v) is 10.1. The first-order chi connectivity index (χ1) is 12.6. The summed E-state index contributed by atoms with van der Waals surface area (Å²) in [4.78, 5) is 26.0. The number of fused-ring (bicyclic) bond motifs is 1. The molecule has 1 aliphatic carbocycles. The molecule has 0 atom stereocenters. The van der Waals surface area contributed by atoms with Crippen molar-refractivity contribution in [1.29, 1.82) is 0 Å². The molecule has 7 heteroatoms. The van der Waals surface area contributed by atoms with Crippen molar-refractivity contribution < 1.29 is 4.79 Å². The maximum absolute atomic E-state index is 12.5. The van der Waals surface area contributed by atoms with Gasteiger partial charge >= 0.3 is 0 Å². The number of amides is 1. The van der Waals surface area contributed by atoms with E-state index in [1.54, 1.807) is 4.90 Å². The minimum absolute atomic E-state index is 0.0812. The molecule has 26 heavy (non-hydrogen) atoms. The lowest BCUT2D eigenvalue weighted by molar-refractivity contribution is 0.0743. The molecule has 0 unspecified atom stereocenters. The fraction of sp³-hybridized carbons (Fsp3) is 0.789. The van der Waals surface area contributed by atoms with Crippen molar-refractivity contribution in [2.24, 2.45) is 0 Å². The molecule has 0 bridgehead atoms. The summed E-state index contributed by atoms with van der Waals surface area (Å²) < 4.78 is 2.04. The fourth-order valence-corrected chi connectivity index (χ4v) is 4.72. The predicted octanol–water partition coefficient (Wildman–Crippen LogP) is 1.31. The lowest BCUT2D eigenvalue weighted by Crippen LogP contribution is -2.51. The van der Waals surface area contributed by atoms with Crippen LogP contribution in [0.3, 0.4) is 0 Å². The van der Waals surface area contributed by atoms with E-state index < -0.39 is 0 Å². The molecule has 3 heterocycles. The van der Waals surface area contributed by atoms with E-state index in [0.29, 0.717) is 6.67 Å². The summed E-state index contributed by atoms with van der Waals surface area (Å²) in [6.07, 6.45) is 8.86. The van der Waals surface area contributed by atoms with Gasteiger partial charge in [-0.1, -0.05) is 19.3 Å². The van der Waals surface area contributed by atoms with Crippen LogP contribution in [0.25, 0.3) is 0 Å². The van der Waals surface area contributed by atoms with Crippen LogP contribution in [-0.4, -0.2) is 89.7 Å². The van der Waals surface area contributed by atoms with Crippen molar-refractivity contribution in [3.63, 3.8) is 0 Å². The topological polar surface area (TPSA) is 47.9 Å². The second kappa shape index (κ2) is 7.56. The highest BCUT2D eigenvalue weighted by Gasteiger charge is 2.30.